The summed E-state index contributed by atoms with van der Waals surface area (Å²) in [5.41, 5.74) is -0.0901. The zero-order valence-corrected chi connectivity index (χ0v) is 22.2. The zero-order valence-electron chi connectivity index (χ0n) is 21.4. The molecule has 5 aliphatic heterocycles. The van der Waals surface area contributed by atoms with E-state index in [0.717, 1.165) is 58.3 Å². The molecule has 10 heteroatoms. The molecule has 5 aliphatic rings. The van der Waals surface area contributed by atoms with Gasteiger partial charge in [-0.25, -0.2) is 0 Å². The van der Waals surface area contributed by atoms with Crippen LogP contribution in [-0.2, 0) is 14.3 Å². The molecule has 2 amide bonds. The van der Waals surface area contributed by atoms with E-state index in [2.05, 4.69) is 40.4 Å². The Morgan fingerprint density at radius 1 is 1.00 bits per heavy atom. The Morgan fingerprint density at radius 3 is 2.49 bits per heavy atom. The Kier molecular flexibility index (Phi) is 8.25. The minimum Gasteiger partial charge on any atom is -0.380 e. The normalized spacial score (nSPS) is 44.1. The molecule has 198 valence electrons. The van der Waals surface area contributed by atoms with Crippen LogP contribution in [0.2, 0.25) is 0 Å². The van der Waals surface area contributed by atoms with Crippen molar-refractivity contribution in [3.63, 3.8) is 0 Å². The van der Waals surface area contributed by atoms with Crippen LogP contribution < -0.4 is 26.6 Å². The Labute approximate surface area is 214 Å². The summed E-state index contributed by atoms with van der Waals surface area (Å²) in [5, 5.41) is 17.7. The lowest BCUT2D eigenvalue weighted by Gasteiger charge is -2.45. The van der Waals surface area contributed by atoms with Crippen molar-refractivity contribution in [2.45, 2.75) is 87.0 Å². The topological polar surface area (TPSA) is 107 Å². The van der Waals surface area contributed by atoms with Gasteiger partial charge in [-0.2, -0.15) is 0 Å². The maximum absolute atomic E-state index is 13.6. The number of methoxy groups -OCH3 is 1. The second-order valence-electron chi connectivity index (χ2n) is 11.4. The van der Waals surface area contributed by atoms with Gasteiger partial charge in [0.25, 0.3) is 0 Å². The fourth-order valence-electron chi connectivity index (χ4n) is 6.97. The van der Waals surface area contributed by atoms with Gasteiger partial charge < -0.3 is 30.9 Å². The van der Waals surface area contributed by atoms with Crippen molar-refractivity contribution in [1.29, 1.82) is 0 Å². The molecule has 5 heterocycles. The van der Waals surface area contributed by atoms with Crippen LogP contribution in [0.15, 0.2) is 0 Å². The van der Waals surface area contributed by atoms with Crippen LogP contribution in [0.3, 0.4) is 0 Å². The molecule has 5 N–H and O–H groups in total. The fourth-order valence-corrected chi connectivity index (χ4v) is 8.38. The number of rotatable bonds is 5. The quantitative estimate of drug-likeness (QED) is 0.355. The minimum atomic E-state index is -0.0901. The number of thioether (sulfide) groups is 1. The molecule has 35 heavy (non-hydrogen) atoms. The van der Waals surface area contributed by atoms with Gasteiger partial charge in [-0.05, 0) is 57.9 Å². The fraction of sp³-hybridized carbons (Fsp3) is 0.920. The standard InChI is InChI=1S/C25H44N6O3S/c1-14-8-16(17-9-15(2)28-11-21(17)34-3)18(10-27-14)23(32)30-25-29-20-12-31(13-22(20)35-25)24(33)19-6-4-5-7-26-19/h14-22,25-29H,4-13H2,1-3H3,(H,30,32). The van der Waals surface area contributed by atoms with E-state index in [-0.39, 0.29) is 41.4 Å². The van der Waals surface area contributed by atoms with E-state index in [0.29, 0.717) is 35.7 Å². The lowest BCUT2D eigenvalue weighted by atomic mass is 9.69. The molecule has 5 fully saturated rings. The van der Waals surface area contributed by atoms with Crippen LogP contribution >= 0.6 is 11.8 Å². The van der Waals surface area contributed by atoms with Crippen LogP contribution in [0, 0.1) is 17.8 Å². The van der Waals surface area contributed by atoms with Gasteiger partial charge in [-0.1, -0.05) is 6.42 Å². The molecule has 5 rings (SSSR count). The summed E-state index contributed by atoms with van der Waals surface area (Å²) in [6.07, 6.45) is 5.42. The molecule has 0 aromatic carbocycles. The molecule has 0 bridgehead atoms. The van der Waals surface area contributed by atoms with Crippen LogP contribution in [0.5, 0.6) is 0 Å². The molecule has 10 unspecified atom stereocenters. The Balaban J connectivity index is 1.16. The largest absolute Gasteiger partial charge is 0.380 e. The van der Waals surface area contributed by atoms with Gasteiger partial charge in [0.1, 0.15) is 5.50 Å². The van der Waals surface area contributed by atoms with Gasteiger partial charge in [-0.15, -0.1) is 11.8 Å². The molecular formula is C25H44N6O3S. The van der Waals surface area contributed by atoms with Crippen molar-refractivity contribution in [3.05, 3.63) is 0 Å². The van der Waals surface area contributed by atoms with E-state index in [4.69, 9.17) is 4.74 Å². The molecule has 0 aromatic heterocycles. The Bertz CT molecular complexity index is 753. The maximum Gasteiger partial charge on any atom is 0.239 e. The number of nitrogens with one attached hydrogen (secondary N) is 5. The number of hydrogen-bond acceptors (Lipinski definition) is 8. The first-order chi connectivity index (χ1) is 16.9. The highest BCUT2D eigenvalue weighted by Gasteiger charge is 2.47. The number of fused-ring (bicyclic) bond motifs is 1. The third-order valence-corrected chi connectivity index (χ3v) is 10.3. The number of piperidine rings is 3. The predicted molar refractivity (Wildman–Crippen MR) is 138 cm³/mol. The Morgan fingerprint density at radius 2 is 1.77 bits per heavy atom. The van der Waals surface area contributed by atoms with Crippen molar-refractivity contribution in [1.82, 2.24) is 31.5 Å². The number of nitrogens with zero attached hydrogens (tertiary/aromatic N) is 1. The summed E-state index contributed by atoms with van der Waals surface area (Å²) < 4.78 is 5.86. The number of carbonyl (C=O) groups excluding carboxylic acids is 2. The van der Waals surface area contributed by atoms with Crippen molar-refractivity contribution in [2.75, 3.05) is 39.8 Å². The predicted octanol–water partition coefficient (Wildman–Crippen LogP) is 0.0713. The van der Waals surface area contributed by atoms with E-state index >= 15 is 0 Å². The SMILES string of the molecule is COC1CNC(C)CC1C1CC(C)NCC1C(=O)NC1NC2CN(C(=O)C3CCCCN3)CC2S1. The first-order valence-corrected chi connectivity index (χ1v) is 14.6. The van der Waals surface area contributed by atoms with Crippen LogP contribution in [0.4, 0.5) is 0 Å². The third-order valence-electron chi connectivity index (χ3n) is 8.92. The average molecular weight is 509 g/mol. The van der Waals surface area contributed by atoms with Crippen LogP contribution in [0.1, 0.15) is 46.0 Å². The van der Waals surface area contributed by atoms with E-state index in [1.807, 2.05) is 4.90 Å². The summed E-state index contributed by atoms with van der Waals surface area (Å²) >= 11 is 1.77. The van der Waals surface area contributed by atoms with Crippen molar-refractivity contribution < 1.29 is 14.3 Å². The molecule has 0 saturated carbocycles. The number of hydrogen-bond donors (Lipinski definition) is 5. The smallest absolute Gasteiger partial charge is 0.239 e. The monoisotopic (exact) mass is 508 g/mol. The molecule has 0 radical (unpaired) electrons. The number of ether oxygens (including phenoxy) is 1. The van der Waals surface area contributed by atoms with Crippen molar-refractivity contribution >= 4 is 23.6 Å². The van der Waals surface area contributed by atoms with Crippen molar-refractivity contribution in [3.8, 4) is 0 Å². The zero-order chi connectivity index (χ0) is 24.5. The minimum absolute atomic E-state index is 0.0187. The lowest BCUT2D eigenvalue weighted by molar-refractivity contribution is -0.133. The molecule has 0 aliphatic carbocycles. The number of likely N-dealkylation sites (tertiary alicyclic amines) is 1. The van der Waals surface area contributed by atoms with Crippen LogP contribution in [0.25, 0.3) is 0 Å². The number of carbonyl (C=O) groups is 2. The first kappa shape index (κ1) is 25.7. The van der Waals surface area contributed by atoms with E-state index in [1.165, 1.54) is 0 Å². The van der Waals surface area contributed by atoms with E-state index in [9.17, 15) is 9.59 Å². The second kappa shape index (κ2) is 11.2. The van der Waals surface area contributed by atoms with Gasteiger partial charge in [0.2, 0.25) is 11.8 Å². The van der Waals surface area contributed by atoms with Gasteiger partial charge in [-0.3, -0.25) is 14.9 Å². The Hall–Kier alpha value is -0.910. The summed E-state index contributed by atoms with van der Waals surface area (Å²) in [6, 6.07) is 1.07. The van der Waals surface area contributed by atoms with Gasteiger partial charge in [0.15, 0.2) is 0 Å². The molecule has 10 atom stereocenters. The highest BCUT2D eigenvalue weighted by Crippen LogP contribution is 2.38. The summed E-state index contributed by atoms with van der Waals surface area (Å²) in [7, 11) is 1.80. The second-order valence-corrected chi connectivity index (χ2v) is 12.7. The number of amides is 2. The average Bonchev–Trinajstić information content (AvgIpc) is 3.42. The van der Waals surface area contributed by atoms with Crippen molar-refractivity contribution in [2.24, 2.45) is 17.8 Å². The summed E-state index contributed by atoms with van der Waals surface area (Å²) in [5.74, 6) is 1.02. The van der Waals surface area contributed by atoms with Crippen LogP contribution in [-0.4, -0.2) is 97.6 Å². The maximum atomic E-state index is 13.6. The molecule has 0 aromatic rings. The lowest BCUT2D eigenvalue weighted by Crippen LogP contribution is -2.58. The first-order valence-electron chi connectivity index (χ1n) is 13.7. The van der Waals surface area contributed by atoms with E-state index in [1.54, 1.807) is 18.9 Å². The summed E-state index contributed by atoms with van der Waals surface area (Å²) in [4.78, 5) is 28.5. The molecule has 5 saturated heterocycles. The van der Waals surface area contributed by atoms with Gasteiger partial charge >= 0.3 is 0 Å². The molecule has 9 nitrogen and oxygen atoms in total. The highest BCUT2D eigenvalue weighted by atomic mass is 32.2. The highest BCUT2D eigenvalue weighted by molar-refractivity contribution is 8.00. The third kappa shape index (κ3) is 5.67. The van der Waals surface area contributed by atoms with Gasteiger partial charge in [0.05, 0.1) is 18.1 Å². The van der Waals surface area contributed by atoms with E-state index < -0.39 is 0 Å². The summed E-state index contributed by atoms with van der Waals surface area (Å²) in [6.45, 7) is 8.45. The van der Waals surface area contributed by atoms with Gasteiger partial charge in [0, 0.05) is 56.7 Å². The molecule has 0 spiro atoms. The molecular weight excluding hydrogens is 464 g/mol.